The molecule has 3 heterocycles. The van der Waals surface area contributed by atoms with E-state index in [-0.39, 0.29) is 12.0 Å². The van der Waals surface area contributed by atoms with Crippen molar-refractivity contribution in [3.8, 4) is 0 Å². The first-order valence-electron chi connectivity index (χ1n) is 7.72. The molecule has 0 bridgehead atoms. The van der Waals surface area contributed by atoms with Gasteiger partial charge in [-0.2, -0.15) is 0 Å². The number of nitrogens with zero attached hydrogens (tertiary/aromatic N) is 2. The molecule has 4 nitrogen and oxygen atoms in total. The number of aliphatic hydroxyl groups is 1. The maximum Gasteiger partial charge on any atom is 0.255 e. The number of piperidine rings is 1. The molecule has 0 spiro atoms. The third kappa shape index (κ3) is 2.96. The molecule has 1 aliphatic rings. The summed E-state index contributed by atoms with van der Waals surface area (Å²) in [5.41, 5.74) is 2.88. The van der Waals surface area contributed by atoms with Crippen LogP contribution in [0.3, 0.4) is 0 Å². The summed E-state index contributed by atoms with van der Waals surface area (Å²) in [6, 6.07) is 6.15. The summed E-state index contributed by atoms with van der Waals surface area (Å²) in [5.74, 6) is 0.0456. The summed E-state index contributed by atoms with van der Waals surface area (Å²) in [6.07, 6.45) is 1.29. The number of carbonyl (C=O) groups is 1. The van der Waals surface area contributed by atoms with Gasteiger partial charge < -0.3 is 14.6 Å². The minimum absolute atomic E-state index is 0.0456. The first kappa shape index (κ1) is 15.3. The van der Waals surface area contributed by atoms with E-state index in [1.807, 2.05) is 19.9 Å². The van der Waals surface area contributed by atoms with E-state index in [1.54, 1.807) is 16.2 Å². The molecule has 1 N–H and O–H groups in total. The molecule has 0 radical (unpaired) electrons. The van der Waals surface area contributed by atoms with Crippen molar-refractivity contribution in [2.24, 2.45) is 0 Å². The Hall–Kier alpha value is -1.59. The summed E-state index contributed by atoms with van der Waals surface area (Å²) in [5, 5.41) is 11.9. The Morgan fingerprint density at radius 2 is 2.27 bits per heavy atom. The van der Waals surface area contributed by atoms with E-state index in [0.717, 1.165) is 42.9 Å². The van der Waals surface area contributed by atoms with Crippen LogP contribution < -0.4 is 0 Å². The quantitative estimate of drug-likeness (QED) is 0.946. The van der Waals surface area contributed by atoms with Gasteiger partial charge in [0.15, 0.2) is 0 Å². The van der Waals surface area contributed by atoms with E-state index in [0.29, 0.717) is 6.54 Å². The van der Waals surface area contributed by atoms with Gasteiger partial charge in [-0.3, -0.25) is 4.79 Å². The fraction of sp³-hybridized carbons (Fsp3) is 0.471. The second kappa shape index (κ2) is 6.26. The van der Waals surface area contributed by atoms with Gasteiger partial charge in [0.1, 0.15) is 0 Å². The molecule has 2 aromatic rings. The van der Waals surface area contributed by atoms with Crippen LogP contribution in [0.15, 0.2) is 23.6 Å². The molecule has 0 aromatic carbocycles. The Labute approximate surface area is 135 Å². The summed E-state index contributed by atoms with van der Waals surface area (Å²) >= 11 is 1.73. The Balaban J connectivity index is 1.83. The van der Waals surface area contributed by atoms with Crippen molar-refractivity contribution >= 4 is 17.2 Å². The van der Waals surface area contributed by atoms with Crippen molar-refractivity contribution in [3.05, 3.63) is 45.4 Å². The molecule has 1 amide bonds. The molecule has 1 unspecified atom stereocenters. The molecule has 2 aromatic heterocycles. The number of rotatable bonds is 3. The van der Waals surface area contributed by atoms with Crippen LogP contribution in [0.2, 0.25) is 0 Å². The molecule has 5 heteroatoms. The maximum atomic E-state index is 12.7. The molecule has 1 atom stereocenters. The summed E-state index contributed by atoms with van der Waals surface area (Å²) in [6.45, 7) is 6.06. The van der Waals surface area contributed by atoms with Crippen LogP contribution in [0.25, 0.3) is 0 Å². The zero-order valence-electron chi connectivity index (χ0n) is 13.1. The molecule has 1 fully saturated rings. The summed E-state index contributed by atoms with van der Waals surface area (Å²) in [4.78, 5) is 15.8. The van der Waals surface area contributed by atoms with Crippen LogP contribution >= 0.6 is 11.3 Å². The number of β-amino-alcohol motifs (C(OH)–C–C–N with tert-alkyl or cyclic N) is 1. The van der Waals surface area contributed by atoms with Crippen molar-refractivity contribution in [1.82, 2.24) is 9.47 Å². The van der Waals surface area contributed by atoms with Gasteiger partial charge in [0, 0.05) is 29.4 Å². The van der Waals surface area contributed by atoms with Crippen molar-refractivity contribution in [2.75, 3.05) is 13.1 Å². The van der Waals surface area contributed by atoms with Crippen LogP contribution in [0.1, 0.15) is 39.5 Å². The zero-order chi connectivity index (χ0) is 15.7. The van der Waals surface area contributed by atoms with E-state index in [4.69, 9.17) is 0 Å². The lowest BCUT2D eigenvalue weighted by atomic mass is 10.1. The molecular weight excluding hydrogens is 296 g/mol. The van der Waals surface area contributed by atoms with Gasteiger partial charge in [-0.25, -0.2) is 0 Å². The lowest BCUT2D eigenvalue weighted by Gasteiger charge is -2.30. The van der Waals surface area contributed by atoms with E-state index >= 15 is 0 Å². The largest absolute Gasteiger partial charge is 0.391 e. The van der Waals surface area contributed by atoms with Crippen molar-refractivity contribution < 1.29 is 9.90 Å². The standard InChI is InChI=1S/C17H22N2O2S/c1-12-9-16(17(21)18-7-3-5-14(20)10-18)13(2)19(12)11-15-6-4-8-22-15/h4,6,8-9,14,20H,3,5,7,10-11H2,1-2H3. The van der Waals surface area contributed by atoms with Gasteiger partial charge in [0.05, 0.1) is 18.2 Å². The van der Waals surface area contributed by atoms with E-state index in [2.05, 4.69) is 22.1 Å². The average Bonchev–Trinajstić information content (AvgIpc) is 3.10. The smallest absolute Gasteiger partial charge is 0.255 e. The van der Waals surface area contributed by atoms with Crippen LogP contribution in [0.5, 0.6) is 0 Å². The van der Waals surface area contributed by atoms with E-state index in [1.165, 1.54) is 4.88 Å². The highest BCUT2D eigenvalue weighted by Crippen LogP contribution is 2.22. The monoisotopic (exact) mass is 318 g/mol. The minimum atomic E-state index is -0.382. The Kier molecular flexibility index (Phi) is 4.36. The highest BCUT2D eigenvalue weighted by atomic mass is 32.1. The lowest BCUT2D eigenvalue weighted by Crippen LogP contribution is -2.42. The molecule has 22 heavy (non-hydrogen) atoms. The number of aryl methyl sites for hydroxylation is 1. The maximum absolute atomic E-state index is 12.7. The average molecular weight is 318 g/mol. The molecule has 0 aliphatic carbocycles. The van der Waals surface area contributed by atoms with Gasteiger partial charge in [-0.1, -0.05) is 6.07 Å². The Bertz CT molecular complexity index is 661. The molecular formula is C17H22N2O2S. The van der Waals surface area contributed by atoms with Crippen molar-refractivity contribution in [1.29, 1.82) is 0 Å². The SMILES string of the molecule is Cc1cc(C(=O)N2CCCC(O)C2)c(C)n1Cc1cccs1. The number of thiophene rings is 1. The number of hydrogen-bond donors (Lipinski definition) is 1. The third-order valence-electron chi connectivity index (χ3n) is 4.38. The van der Waals surface area contributed by atoms with Crippen molar-refractivity contribution in [3.63, 3.8) is 0 Å². The first-order valence-corrected chi connectivity index (χ1v) is 8.60. The van der Waals surface area contributed by atoms with Crippen LogP contribution in [-0.2, 0) is 6.54 Å². The van der Waals surface area contributed by atoms with Gasteiger partial charge >= 0.3 is 0 Å². The molecule has 1 saturated heterocycles. The van der Waals surface area contributed by atoms with Gasteiger partial charge in [0.2, 0.25) is 0 Å². The lowest BCUT2D eigenvalue weighted by molar-refractivity contribution is 0.0473. The fourth-order valence-electron chi connectivity index (χ4n) is 3.13. The highest BCUT2D eigenvalue weighted by Gasteiger charge is 2.25. The van der Waals surface area contributed by atoms with E-state index in [9.17, 15) is 9.90 Å². The predicted octanol–water partition coefficient (Wildman–Crippen LogP) is 2.81. The number of likely N-dealkylation sites (tertiary alicyclic amines) is 1. The van der Waals surface area contributed by atoms with E-state index < -0.39 is 0 Å². The molecule has 3 rings (SSSR count). The molecule has 118 valence electrons. The van der Waals surface area contributed by atoms with Gasteiger partial charge in [0.25, 0.3) is 5.91 Å². The second-order valence-electron chi connectivity index (χ2n) is 6.00. The minimum Gasteiger partial charge on any atom is -0.391 e. The number of carbonyl (C=O) groups excluding carboxylic acids is 1. The summed E-state index contributed by atoms with van der Waals surface area (Å²) < 4.78 is 2.19. The highest BCUT2D eigenvalue weighted by molar-refractivity contribution is 7.09. The number of amides is 1. The molecule has 1 aliphatic heterocycles. The Morgan fingerprint density at radius 3 is 2.95 bits per heavy atom. The predicted molar refractivity (Wildman–Crippen MR) is 88.5 cm³/mol. The van der Waals surface area contributed by atoms with Crippen LogP contribution in [-0.4, -0.2) is 39.7 Å². The van der Waals surface area contributed by atoms with Crippen molar-refractivity contribution in [2.45, 2.75) is 39.3 Å². The van der Waals surface area contributed by atoms with Gasteiger partial charge in [-0.15, -0.1) is 11.3 Å². The van der Waals surface area contributed by atoms with Crippen LogP contribution in [0.4, 0.5) is 0 Å². The number of hydrogen-bond acceptors (Lipinski definition) is 3. The fourth-order valence-corrected chi connectivity index (χ4v) is 3.82. The Morgan fingerprint density at radius 1 is 1.45 bits per heavy atom. The normalized spacial score (nSPS) is 18.7. The summed E-state index contributed by atoms with van der Waals surface area (Å²) in [7, 11) is 0. The topological polar surface area (TPSA) is 45.5 Å². The number of aliphatic hydroxyl groups excluding tert-OH is 1. The van der Waals surface area contributed by atoms with Gasteiger partial charge in [-0.05, 0) is 44.2 Å². The zero-order valence-corrected chi connectivity index (χ0v) is 13.9. The third-order valence-corrected chi connectivity index (χ3v) is 5.24. The molecule has 0 saturated carbocycles. The first-order chi connectivity index (χ1) is 10.6. The number of aromatic nitrogens is 1. The second-order valence-corrected chi connectivity index (χ2v) is 7.03. The van der Waals surface area contributed by atoms with Crippen LogP contribution in [0, 0.1) is 13.8 Å².